The SMILES string of the molecule is O=C(c1ccccc1)c1[nH]c2cc(Cl)ccc2c1N(O)C(=O)c1ccc(C(F)(F)F)cc1C(F)(F)F. The topological polar surface area (TPSA) is 73.4 Å². The Hall–Kier alpha value is -3.83. The van der Waals surface area contributed by atoms with E-state index in [1.54, 1.807) is 18.2 Å². The molecule has 1 aromatic heterocycles. The lowest BCUT2D eigenvalue weighted by molar-refractivity contribution is -0.143. The number of aromatic nitrogens is 1. The van der Waals surface area contributed by atoms with E-state index >= 15 is 0 Å². The number of ketones is 1. The maximum absolute atomic E-state index is 13.6. The van der Waals surface area contributed by atoms with E-state index in [0.717, 1.165) is 0 Å². The monoisotopic (exact) mass is 526 g/mol. The predicted octanol–water partition coefficient (Wildman–Crippen LogP) is 7.13. The fourth-order valence-electron chi connectivity index (χ4n) is 3.63. The standard InChI is InChI=1S/C24H13ClF6N2O3/c25-14-7-9-16-18(11-14)32-19(21(34)12-4-2-1-3-5-12)20(16)33(36)22(35)15-8-6-13(23(26,27)28)10-17(15)24(29,30)31/h1-11,32,36H. The maximum Gasteiger partial charge on any atom is 0.417 e. The number of anilines is 1. The summed E-state index contributed by atoms with van der Waals surface area (Å²) in [6, 6.07) is 12.0. The number of nitrogens with zero attached hydrogens (tertiary/aromatic N) is 1. The van der Waals surface area contributed by atoms with Crippen LogP contribution < -0.4 is 5.06 Å². The molecule has 0 aliphatic rings. The molecule has 5 nitrogen and oxygen atoms in total. The van der Waals surface area contributed by atoms with Gasteiger partial charge in [-0.2, -0.15) is 31.4 Å². The highest BCUT2D eigenvalue weighted by molar-refractivity contribution is 6.31. The molecule has 0 radical (unpaired) electrons. The minimum Gasteiger partial charge on any atom is -0.350 e. The number of H-pyrrole nitrogens is 1. The molecule has 36 heavy (non-hydrogen) atoms. The van der Waals surface area contributed by atoms with E-state index in [1.807, 2.05) is 0 Å². The molecule has 4 aromatic rings. The van der Waals surface area contributed by atoms with Gasteiger partial charge in [-0.05, 0) is 36.4 Å². The number of aromatic amines is 1. The molecule has 0 bridgehead atoms. The van der Waals surface area contributed by atoms with Gasteiger partial charge in [0.05, 0.1) is 16.7 Å². The Kier molecular flexibility index (Phi) is 6.31. The number of carbonyl (C=O) groups is 2. The van der Waals surface area contributed by atoms with Crippen LogP contribution in [-0.2, 0) is 12.4 Å². The van der Waals surface area contributed by atoms with Gasteiger partial charge in [-0.15, -0.1) is 0 Å². The zero-order valence-electron chi connectivity index (χ0n) is 17.7. The van der Waals surface area contributed by atoms with Gasteiger partial charge in [0.15, 0.2) is 0 Å². The molecular weight excluding hydrogens is 514 g/mol. The van der Waals surface area contributed by atoms with Gasteiger partial charge in [0.2, 0.25) is 5.78 Å². The van der Waals surface area contributed by atoms with Crippen LogP contribution in [0.25, 0.3) is 10.9 Å². The summed E-state index contributed by atoms with van der Waals surface area (Å²) in [5, 5.41) is 10.9. The van der Waals surface area contributed by atoms with Crippen LogP contribution in [0, 0.1) is 0 Å². The van der Waals surface area contributed by atoms with Crippen molar-refractivity contribution < 1.29 is 41.1 Å². The lowest BCUT2D eigenvalue weighted by Crippen LogP contribution is -2.30. The summed E-state index contributed by atoms with van der Waals surface area (Å²) < 4.78 is 79.9. The summed E-state index contributed by atoms with van der Waals surface area (Å²) in [7, 11) is 0. The minimum absolute atomic E-state index is 0.0509. The van der Waals surface area contributed by atoms with Crippen LogP contribution in [0.5, 0.6) is 0 Å². The first kappa shape index (κ1) is 25.3. The number of amides is 1. The fourth-order valence-corrected chi connectivity index (χ4v) is 3.80. The van der Waals surface area contributed by atoms with Gasteiger partial charge >= 0.3 is 12.4 Å². The Bertz CT molecular complexity index is 1480. The average Bonchev–Trinajstić information content (AvgIpc) is 3.20. The Labute approximate surface area is 203 Å². The number of halogens is 7. The van der Waals surface area contributed by atoms with Crippen LogP contribution in [0.1, 0.15) is 37.5 Å². The van der Waals surface area contributed by atoms with Crippen LogP contribution in [0.3, 0.4) is 0 Å². The molecule has 1 amide bonds. The first-order valence-corrected chi connectivity index (χ1v) is 10.4. The second kappa shape index (κ2) is 8.99. The summed E-state index contributed by atoms with van der Waals surface area (Å²) in [4.78, 5) is 28.9. The molecule has 0 unspecified atom stereocenters. The first-order chi connectivity index (χ1) is 16.8. The van der Waals surface area contributed by atoms with E-state index in [4.69, 9.17) is 11.6 Å². The number of alkyl halides is 6. The second-order valence-electron chi connectivity index (χ2n) is 7.61. The third-order valence-electron chi connectivity index (χ3n) is 5.28. The van der Waals surface area contributed by atoms with Crippen molar-refractivity contribution >= 4 is 39.9 Å². The van der Waals surface area contributed by atoms with E-state index in [0.29, 0.717) is 12.1 Å². The van der Waals surface area contributed by atoms with Gasteiger partial charge in [0.25, 0.3) is 5.91 Å². The summed E-state index contributed by atoms with van der Waals surface area (Å²) in [5.41, 5.74) is -5.32. The summed E-state index contributed by atoms with van der Waals surface area (Å²) in [6.45, 7) is 0. The average molecular weight is 527 g/mol. The molecule has 186 valence electrons. The van der Waals surface area contributed by atoms with Crippen molar-refractivity contribution in [3.63, 3.8) is 0 Å². The molecule has 1 heterocycles. The van der Waals surface area contributed by atoms with Crippen molar-refractivity contribution in [3.8, 4) is 0 Å². The number of hydrogen-bond acceptors (Lipinski definition) is 3. The molecular formula is C24H13ClF6N2O3. The molecule has 0 atom stereocenters. The zero-order chi connectivity index (χ0) is 26.4. The van der Waals surface area contributed by atoms with Gasteiger partial charge in [-0.1, -0.05) is 41.9 Å². The summed E-state index contributed by atoms with van der Waals surface area (Å²) in [6.07, 6.45) is -10.5. The Morgan fingerprint density at radius 2 is 1.53 bits per heavy atom. The normalized spacial score (nSPS) is 12.1. The van der Waals surface area contributed by atoms with Crippen LogP contribution >= 0.6 is 11.6 Å². The van der Waals surface area contributed by atoms with Crippen LogP contribution in [0.2, 0.25) is 5.02 Å². The Morgan fingerprint density at radius 3 is 2.14 bits per heavy atom. The number of hydroxylamine groups is 1. The number of nitrogens with one attached hydrogen (secondary N) is 1. The minimum atomic E-state index is -5.36. The molecule has 0 saturated heterocycles. The third-order valence-corrected chi connectivity index (χ3v) is 5.52. The quantitative estimate of drug-likeness (QED) is 0.129. The van der Waals surface area contributed by atoms with E-state index in [2.05, 4.69) is 4.98 Å². The number of rotatable bonds is 4. The van der Waals surface area contributed by atoms with E-state index < -0.39 is 46.4 Å². The van der Waals surface area contributed by atoms with Crippen molar-refractivity contribution in [2.45, 2.75) is 12.4 Å². The number of benzene rings is 3. The molecule has 0 saturated carbocycles. The molecule has 2 N–H and O–H groups in total. The van der Waals surface area contributed by atoms with Crippen LogP contribution in [-0.4, -0.2) is 21.9 Å². The highest BCUT2D eigenvalue weighted by Crippen LogP contribution is 2.39. The van der Waals surface area contributed by atoms with E-state index in [9.17, 15) is 41.1 Å². The highest BCUT2D eigenvalue weighted by Gasteiger charge is 2.41. The van der Waals surface area contributed by atoms with Crippen LogP contribution in [0.4, 0.5) is 32.0 Å². The molecule has 0 fully saturated rings. The first-order valence-electron chi connectivity index (χ1n) is 10.0. The number of hydrogen-bond donors (Lipinski definition) is 2. The summed E-state index contributed by atoms with van der Waals surface area (Å²) in [5.74, 6) is -2.41. The van der Waals surface area contributed by atoms with Gasteiger partial charge in [0.1, 0.15) is 11.4 Å². The van der Waals surface area contributed by atoms with Crippen LogP contribution in [0.15, 0.2) is 66.7 Å². The Balaban J connectivity index is 1.89. The van der Waals surface area contributed by atoms with Gasteiger partial charge in [-0.25, -0.2) is 0 Å². The maximum atomic E-state index is 13.6. The molecule has 3 aromatic carbocycles. The van der Waals surface area contributed by atoms with Crippen molar-refractivity contribution in [2.24, 2.45) is 0 Å². The van der Waals surface area contributed by atoms with Crippen molar-refractivity contribution in [2.75, 3.05) is 5.06 Å². The number of carbonyl (C=O) groups excluding carboxylic acids is 2. The molecule has 0 spiro atoms. The number of fused-ring (bicyclic) bond motifs is 1. The lowest BCUT2D eigenvalue weighted by atomic mass is 10.0. The highest BCUT2D eigenvalue weighted by atomic mass is 35.5. The molecule has 0 aliphatic carbocycles. The van der Waals surface area contributed by atoms with Gasteiger partial charge in [-0.3, -0.25) is 14.8 Å². The van der Waals surface area contributed by atoms with E-state index in [1.165, 1.54) is 30.3 Å². The van der Waals surface area contributed by atoms with E-state index in [-0.39, 0.29) is 38.3 Å². The molecule has 12 heteroatoms. The van der Waals surface area contributed by atoms with Crippen molar-refractivity contribution in [3.05, 3.63) is 99.7 Å². The second-order valence-corrected chi connectivity index (χ2v) is 8.04. The lowest BCUT2D eigenvalue weighted by Gasteiger charge is -2.20. The smallest absolute Gasteiger partial charge is 0.350 e. The molecule has 4 rings (SSSR count). The summed E-state index contributed by atoms with van der Waals surface area (Å²) >= 11 is 5.97. The Morgan fingerprint density at radius 1 is 0.861 bits per heavy atom. The van der Waals surface area contributed by atoms with Crippen molar-refractivity contribution in [1.82, 2.24) is 4.98 Å². The van der Waals surface area contributed by atoms with Gasteiger partial charge < -0.3 is 4.98 Å². The fraction of sp³-hybridized carbons (Fsp3) is 0.0833. The zero-order valence-corrected chi connectivity index (χ0v) is 18.5. The van der Waals surface area contributed by atoms with Crippen molar-refractivity contribution in [1.29, 1.82) is 0 Å². The largest absolute Gasteiger partial charge is 0.417 e. The van der Waals surface area contributed by atoms with Gasteiger partial charge in [0, 0.05) is 21.5 Å². The third kappa shape index (κ3) is 4.67. The molecule has 0 aliphatic heterocycles. The predicted molar refractivity (Wildman–Crippen MR) is 118 cm³/mol.